The smallest absolute Gasteiger partial charge is 0.329 e. The van der Waals surface area contributed by atoms with Crippen LogP contribution in [0.15, 0.2) is 24.3 Å². The van der Waals surface area contributed by atoms with Crippen molar-refractivity contribution in [2.75, 3.05) is 12.4 Å². The van der Waals surface area contributed by atoms with Crippen molar-refractivity contribution < 1.29 is 18.7 Å². The fraction of sp³-hybridized carbons (Fsp3) is 0.600. The van der Waals surface area contributed by atoms with Crippen LogP contribution in [0.2, 0.25) is 0 Å². The number of nitrogens with zero attached hydrogens (tertiary/aromatic N) is 1. The first-order chi connectivity index (χ1) is 12.6. The van der Waals surface area contributed by atoms with E-state index in [1.54, 1.807) is 22.7 Å². The lowest BCUT2D eigenvalue weighted by atomic mass is 9.88. The minimum absolute atomic E-state index is 0.0368. The number of halogens is 1. The highest BCUT2D eigenvalue weighted by Crippen LogP contribution is 2.41. The first-order valence-corrected chi connectivity index (χ1v) is 10.5. The van der Waals surface area contributed by atoms with Crippen LogP contribution >= 0.6 is 11.8 Å². The van der Waals surface area contributed by atoms with Crippen LogP contribution in [-0.2, 0) is 9.53 Å². The van der Waals surface area contributed by atoms with E-state index < -0.39 is 11.9 Å². The Morgan fingerprint density at radius 1 is 1.27 bits per heavy atom. The van der Waals surface area contributed by atoms with Crippen LogP contribution in [0.5, 0.6) is 0 Å². The Hall–Kier alpha value is -1.56. The summed E-state index contributed by atoms with van der Waals surface area (Å²) in [5.74, 6) is -0.131. The molecule has 1 aliphatic heterocycles. The molecule has 1 aromatic carbocycles. The third-order valence-electron chi connectivity index (χ3n) is 5.11. The first kappa shape index (κ1) is 19.2. The maximum absolute atomic E-state index is 13.6. The van der Waals surface area contributed by atoms with Gasteiger partial charge in [-0.05, 0) is 43.4 Å². The van der Waals surface area contributed by atoms with Crippen LogP contribution in [0, 0.1) is 11.7 Å². The average molecular weight is 379 g/mol. The quantitative estimate of drug-likeness (QED) is 0.718. The number of thioether (sulfide) groups is 1. The van der Waals surface area contributed by atoms with E-state index in [9.17, 15) is 14.0 Å². The molecule has 4 nitrogen and oxygen atoms in total. The van der Waals surface area contributed by atoms with Gasteiger partial charge in [0.1, 0.15) is 11.9 Å². The van der Waals surface area contributed by atoms with Crippen molar-refractivity contribution in [3.05, 3.63) is 35.6 Å². The van der Waals surface area contributed by atoms with Gasteiger partial charge >= 0.3 is 5.97 Å². The lowest BCUT2D eigenvalue weighted by Crippen LogP contribution is -2.48. The highest BCUT2D eigenvalue weighted by Gasteiger charge is 2.45. The van der Waals surface area contributed by atoms with Crippen LogP contribution < -0.4 is 0 Å². The average Bonchev–Trinajstić information content (AvgIpc) is 3.11. The van der Waals surface area contributed by atoms with Gasteiger partial charge in [-0.2, -0.15) is 0 Å². The van der Waals surface area contributed by atoms with Gasteiger partial charge in [-0.1, -0.05) is 32.3 Å². The molecule has 0 radical (unpaired) electrons. The molecular weight excluding hydrogens is 353 g/mol. The molecule has 0 bridgehead atoms. The standard InChI is InChI=1S/C20H26FNO3S/c1-2-11-25-20(24)17-13-26-19(14-7-4-3-5-8-14)22(17)18(23)15-9-6-10-16(21)12-15/h6,9-10,12,14,17,19H,2-5,7-8,11,13H2,1H3. The Morgan fingerprint density at radius 2 is 2.04 bits per heavy atom. The lowest BCUT2D eigenvalue weighted by molar-refractivity contribution is -0.148. The number of hydrogen-bond acceptors (Lipinski definition) is 4. The summed E-state index contributed by atoms with van der Waals surface area (Å²) in [4.78, 5) is 27.4. The van der Waals surface area contributed by atoms with Gasteiger partial charge in [-0.15, -0.1) is 11.8 Å². The van der Waals surface area contributed by atoms with Gasteiger partial charge in [0.25, 0.3) is 5.91 Å². The molecule has 0 N–H and O–H groups in total. The Morgan fingerprint density at radius 3 is 2.73 bits per heavy atom. The summed E-state index contributed by atoms with van der Waals surface area (Å²) >= 11 is 1.66. The first-order valence-electron chi connectivity index (χ1n) is 9.48. The summed E-state index contributed by atoms with van der Waals surface area (Å²) in [5.41, 5.74) is 0.293. The van der Waals surface area contributed by atoms with E-state index in [0.29, 0.717) is 23.8 Å². The largest absolute Gasteiger partial charge is 0.464 e. The monoisotopic (exact) mass is 379 g/mol. The molecule has 1 aliphatic carbocycles. The number of ether oxygens (including phenoxy) is 1. The zero-order chi connectivity index (χ0) is 18.5. The van der Waals surface area contributed by atoms with E-state index in [1.165, 1.54) is 24.6 Å². The van der Waals surface area contributed by atoms with Gasteiger partial charge < -0.3 is 9.64 Å². The molecule has 1 saturated heterocycles. The molecule has 142 valence electrons. The van der Waals surface area contributed by atoms with Gasteiger partial charge in [0, 0.05) is 11.3 Å². The van der Waals surface area contributed by atoms with Crippen molar-refractivity contribution in [3.8, 4) is 0 Å². The number of carbonyl (C=O) groups excluding carboxylic acids is 2. The van der Waals surface area contributed by atoms with Crippen molar-refractivity contribution in [1.82, 2.24) is 4.90 Å². The molecule has 0 aromatic heterocycles. The zero-order valence-corrected chi connectivity index (χ0v) is 16.0. The minimum Gasteiger partial charge on any atom is -0.464 e. The Labute approximate surface area is 158 Å². The van der Waals surface area contributed by atoms with E-state index in [4.69, 9.17) is 4.74 Å². The van der Waals surface area contributed by atoms with Gasteiger partial charge in [-0.25, -0.2) is 9.18 Å². The van der Waals surface area contributed by atoms with Gasteiger partial charge in [0.05, 0.1) is 12.0 Å². The summed E-state index contributed by atoms with van der Waals surface area (Å²) in [6.45, 7) is 2.30. The number of esters is 1. The summed E-state index contributed by atoms with van der Waals surface area (Å²) in [6, 6.07) is 5.13. The molecule has 2 aliphatic rings. The maximum Gasteiger partial charge on any atom is 0.329 e. The summed E-state index contributed by atoms with van der Waals surface area (Å²) < 4.78 is 19.0. The van der Waals surface area contributed by atoms with Crippen LogP contribution in [0.4, 0.5) is 4.39 Å². The SMILES string of the molecule is CCCOC(=O)C1CSC(C2CCCCC2)N1C(=O)c1cccc(F)c1. The number of rotatable bonds is 5. The Bertz CT molecular complexity index is 648. The topological polar surface area (TPSA) is 46.6 Å². The van der Waals surface area contributed by atoms with Crippen LogP contribution in [0.25, 0.3) is 0 Å². The van der Waals surface area contributed by atoms with E-state index in [2.05, 4.69) is 0 Å². The van der Waals surface area contributed by atoms with Gasteiger partial charge in [0.15, 0.2) is 0 Å². The third-order valence-corrected chi connectivity index (χ3v) is 6.58. The fourth-order valence-electron chi connectivity index (χ4n) is 3.82. The van der Waals surface area contributed by atoms with Gasteiger partial charge in [-0.3, -0.25) is 4.79 Å². The summed E-state index contributed by atoms with van der Waals surface area (Å²) in [5, 5.41) is -0.0368. The van der Waals surface area contributed by atoms with E-state index >= 15 is 0 Å². The third kappa shape index (κ3) is 4.22. The Kier molecular flexibility index (Phi) is 6.57. The predicted molar refractivity (Wildman–Crippen MR) is 100 cm³/mol. The lowest BCUT2D eigenvalue weighted by Gasteiger charge is -2.35. The number of amides is 1. The highest BCUT2D eigenvalue weighted by molar-refractivity contribution is 8.00. The summed E-state index contributed by atoms with van der Waals surface area (Å²) in [7, 11) is 0. The zero-order valence-electron chi connectivity index (χ0n) is 15.2. The molecule has 6 heteroatoms. The minimum atomic E-state index is -0.589. The second-order valence-corrected chi connectivity index (χ2v) is 8.18. The van der Waals surface area contributed by atoms with Crippen molar-refractivity contribution in [2.45, 2.75) is 56.9 Å². The maximum atomic E-state index is 13.6. The van der Waals surface area contributed by atoms with Crippen molar-refractivity contribution >= 4 is 23.6 Å². The molecule has 0 spiro atoms. The molecule has 1 amide bonds. The molecule has 26 heavy (non-hydrogen) atoms. The van der Waals surface area contributed by atoms with Crippen LogP contribution in [-0.4, -0.2) is 40.6 Å². The summed E-state index contributed by atoms with van der Waals surface area (Å²) in [6.07, 6.45) is 6.44. The van der Waals surface area contributed by atoms with Crippen molar-refractivity contribution in [2.24, 2.45) is 5.92 Å². The van der Waals surface area contributed by atoms with E-state index in [0.717, 1.165) is 32.1 Å². The fourth-order valence-corrected chi connectivity index (χ4v) is 5.44. The molecular formula is C20H26FNO3S. The number of hydrogen-bond donors (Lipinski definition) is 0. The molecule has 1 heterocycles. The predicted octanol–water partition coefficient (Wildman–Crippen LogP) is 4.24. The van der Waals surface area contributed by atoms with E-state index in [-0.39, 0.29) is 17.3 Å². The van der Waals surface area contributed by atoms with Gasteiger partial charge in [0.2, 0.25) is 0 Å². The molecule has 1 aromatic rings. The van der Waals surface area contributed by atoms with Crippen LogP contribution in [0.3, 0.4) is 0 Å². The van der Waals surface area contributed by atoms with Crippen LogP contribution in [0.1, 0.15) is 55.8 Å². The molecule has 1 saturated carbocycles. The Balaban J connectivity index is 1.85. The second-order valence-electron chi connectivity index (χ2n) is 7.03. The van der Waals surface area contributed by atoms with E-state index in [1.807, 2.05) is 6.92 Å². The normalized spacial score (nSPS) is 23.8. The van der Waals surface area contributed by atoms with Crippen molar-refractivity contribution in [1.29, 1.82) is 0 Å². The molecule has 2 atom stereocenters. The molecule has 2 unspecified atom stereocenters. The van der Waals surface area contributed by atoms with Crippen molar-refractivity contribution in [3.63, 3.8) is 0 Å². The number of carbonyl (C=O) groups is 2. The molecule has 2 fully saturated rings. The second kappa shape index (κ2) is 8.89. The highest BCUT2D eigenvalue weighted by atomic mass is 32.2. The number of benzene rings is 1. The molecule has 3 rings (SSSR count).